The predicted molar refractivity (Wildman–Crippen MR) is 49.4 cm³/mol. The number of benzene rings is 1. The lowest BCUT2D eigenvalue weighted by Crippen LogP contribution is -2.31. The maximum Gasteiger partial charge on any atom is 0.494 e. The Hall–Kier alpha value is -0.905. The SMILES string of the molecule is CC1OB(O)c2c(F)cc(CO)cc21. The molecule has 0 saturated carbocycles. The van der Waals surface area contributed by atoms with Crippen molar-refractivity contribution in [2.75, 3.05) is 0 Å². The molecule has 14 heavy (non-hydrogen) atoms. The van der Waals surface area contributed by atoms with Crippen LogP contribution in [0, 0.1) is 5.82 Å². The number of aliphatic hydroxyl groups is 1. The number of hydrogen-bond donors (Lipinski definition) is 2. The molecule has 2 N–H and O–H groups in total. The van der Waals surface area contributed by atoms with Crippen LogP contribution >= 0.6 is 0 Å². The maximum absolute atomic E-state index is 13.4. The fourth-order valence-corrected chi connectivity index (χ4v) is 1.72. The average Bonchev–Trinajstić information content (AvgIpc) is 2.42. The lowest BCUT2D eigenvalue weighted by Gasteiger charge is -2.06. The molecular formula is C9H10BFO3. The minimum absolute atomic E-state index is 0.190. The number of fused-ring (bicyclic) bond motifs is 1. The van der Waals surface area contributed by atoms with E-state index in [2.05, 4.69) is 0 Å². The highest BCUT2D eigenvalue weighted by Crippen LogP contribution is 2.24. The Balaban J connectivity index is 2.57. The van der Waals surface area contributed by atoms with Gasteiger partial charge in [0.2, 0.25) is 0 Å². The van der Waals surface area contributed by atoms with Gasteiger partial charge in [0, 0.05) is 5.46 Å². The molecule has 1 heterocycles. The van der Waals surface area contributed by atoms with Crippen LogP contribution < -0.4 is 5.46 Å². The molecule has 0 amide bonds. The second-order valence-corrected chi connectivity index (χ2v) is 3.37. The van der Waals surface area contributed by atoms with Crippen molar-refractivity contribution >= 4 is 12.6 Å². The van der Waals surface area contributed by atoms with Crippen molar-refractivity contribution in [2.45, 2.75) is 19.6 Å². The monoisotopic (exact) mass is 196 g/mol. The Kier molecular flexibility index (Phi) is 2.30. The van der Waals surface area contributed by atoms with Crippen LogP contribution in [0.4, 0.5) is 4.39 Å². The molecule has 1 aliphatic heterocycles. The maximum atomic E-state index is 13.4. The molecule has 0 bridgehead atoms. The molecule has 0 aliphatic carbocycles. The van der Waals surface area contributed by atoms with E-state index in [4.69, 9.17) is 9.76 Å². The van der Waals surface area contributed by atoms with Crippen LogP contribution in [0.3, 0.4) is 0 Å². The van der Waals surface area contributed by atoms with Gasteiger partial charge in [-0.2, -0.15) is 0 Å². The van der Waals surface area contributed by atoms with Crippen LogP contribution in [0.1, 0.15) is 24.2 Å². The summed E-state index contributed by atoms with van der Waals surface area (Å²) in [5.74, 6) is -0.525. The summed E-state index contributed by atoms with van der Waals surface area (Å²) in [4.78, 5) is 0. The highest BCUT2D eigenvalue weighted by Gasteiger charge is 2.35. The highest BCUT2D eigenvalue weighted by atomic mass is 19.1. The van der Waals surface area contributed by atoms with Crippen LogP contribution in [0.25, 0.3) is 0 Å². The van der Waals surface area contributed by atoms with Crippen molar-refractivity contribution in [3.05, 3.63) is 29.1 Å². The van der Waals surface area contributed by atoms with E-state index in [1.807, 2.05) is 0 Å². The zero-order chi connectivity index (χ0) is 10.3. The Morgan fingerprint density at radius 1 is 1.57 bits per heavy atom. The van der Waals surface area contributed by atoms with Gasteiger partial charge in [0.25, 0.3) is 0 Å². The van der Waals surface area contributed by atoms with E-state index >= 15 is 0 Å². The second kappa shape index (κ2) is 3.35. The standard InChI is InChI=1S/C9H10BFO3/c1-5-7-2-6(4-12)3-8(11)9(7)10(13)14-5/h2-3,5,12-13H,4H2,1H3. The van der Waals surface area contributed by atoms with Gasteiger partial charge in [-0.3, -0.25) is 0 Å². The van der Waals surface area contributed by atoms with E-state index in [-0.39, 0.29) is 18.2 Å². The molecule has 1 aromatic carbocycles. The lowest BCUT2D eigenvalue weighted by atomic mass is 9.78. The summed E-state index contributed by atoms with van der Waals surface area (Å²) in [5.41, 5.74) is 1.29. The summed E-state index contributed by atoms with van der Waals surface area (Å²) in [6.07, 6.45) is -0.332. The number of halogens is 1. The smallest absolute Gasteiger partial charge is 0.423 e. The van der Waals surface area contributed by atoms with E-state index in [0.29, 0.717) is 11.1 Å². The van der Waals surface area contributed by atoms with Gasteiger partial charge in [-0.05, 0) is 24.1 Å². The van der Waals surface area contributed by atoms with Crippen LogP contribution in [0.5, 0.6) is 0 Å². The van der Waals surface area contributed by atoms with Gasteiger partial charge >= 0.3 is 7.12 Å². The summed E-state index contributed by atoms with van der Waals surface area (Å²) in [7, 11) is -1.19. The zero-order valence-electron chi connectivity index (χ0n) is 7.70. The molecule has 0 fully saturated rings. The van der Waals surface area contributed by atoms with Crippen molar-refractivity contribution in [3.63, 3.8) is 0 Å². The topological polar surface area (TPSA) is 49.7 Å². The van der Waals surface area contributed by atoms with Crippen LogP contribution in [-0.4, -0.2) is 17.2 Å². The van der Waals surface area contributed by atoms with Gasteiger partial charge in [-0.1, -0.05) is 6.07 Å². The fraction of sp³-hybridized carbons (Fsp3) is 0.333. The molecule has 0 aromatic heterocycles. The first-order valence-corrected chi connectivity index (χ1v) is 4.40. The van der Waals surface area contributed by atoms with Gasteiger partial charge in [0.1, 0.15) is 5.82 Å². The minimum Gasteiger partial charge on any atom is -0.423 e. The Labute approximate surface area is 81.3 Å². The van der Waals surface area contributed by atoms with E-state index in [0.717, 1.165) is 0 Å². The summed E-state index contributed by atoms with van der Waals surface area (Å²) >= 11 is 0. The van der Waals surface area contributed by atoms with Gasteiger partial charge in [0.05, 0.1) is 12.7 Å². The molecule has 0 radical (unpaired) electrons. The average molecular weight is 196 g/mol. The van der Waals surface area contributed by atoms with Gasteiger partial charge in [-0.15, -0.1) is 0 Å². The molecule has 0 spiro atoms. The lowest BCUT2D eigenvalue weighted by molar-refractivity contribution is 0.208. The van der Waals surface area contributed by atoms with E-state index in [1.54, 1.807) is 13.0 Å². The van der Waals surface area contributed by atoms with Crippen molar-refractivity contribution in [3.8, 4) is 0 Å². The van der Waals surface area contributed by atoms with Gasteiger partial charge < -0.3 is 14.8 Å². The largest absolute Gasteiger partial charge is 0.494 e. The Bertz CT molecular complexity index is 369. The number of hydrogen-bond acceptors (Lipinski definition) is 3. The second-order valence-electron chi connectivity index (χ2n) is 3.37. The summed E-state index contributed by atoms with van der Waals surface area (Å²) < 4.78 is 18.5. The summed E-state index contributed by atoms with van der Waals surface area (Å²) in [6, 6.07) is 2.86. The third-order valence-electron chi connectivity index (χ3n) is 2.42. The first-order chi connectivity index (χ1) is 6.63. The molecule has 1 aliphatic rings. The number of rotatable bonds is 1. The van der Waals surface area contributed by atoms with Crippen molar-refractivity contribution in [2.24, 2.45) is 0 Å². The molecule has 5 heteroatoms. The first kappa shape index (κ1) is 9.64. The van der Waals surface area contributed by atoms with Crippen LogP contribution in [0.15, 0.2) is 12.1 Å². The first-order valence-electron chi connectivity index (χ1n) is 4.40. The number of aliphatic hydroxyl groups excluding tert-OH is 1. The Morgan fingerprint density at radius 2 is 2.29 bits per heavy atom. The van der Waals surface area contributed by atoms with Crippen LogP contribution in [-0.2, 0) is 11.3 Å². The third kappa shape index (κ3) is 1.34. The molecule has 3 nitrogen and oxygen atoms in total. The summed E-state index contributed by atoms with van der Waals surface area (Å²) in [5, 5.41) is 18.2. The summed E-state index contributed by atoms with van der Waals surface area (Å²) in [6.45, 7) is 1.52. The molecule has 1 aromatic rings. The molecule has 2 rings (SSSR count). The third-order valence-corrected chi connectivity index (χ3v) is 2.42. The molecule has 74 valence electrons. The highest BCUT2D eigenvalue weighted by molar-refractivity contribution is 6.61. The minimum atomic E-state index is -1.19. The fourth-order valence-electron chi connectivity index (χ4n) is 1.72. The quantitative estimate of drug-likeness (QED) is 0.626. The normalized spacial score (nSPS) is 20.0. The van der Waals surface area contributed by atoms with E-state index in [1.165, 1.54) is 6.07 Å². The van der Waals surface area contributed by atoms with E-state index in [9.17, 15) is 9.41 Å². The van der Waals surface area contributed by atoms with Crippen molar-refractivity contribution in [1.82, 2.24) is 0 Å². The Morgan fingerprint density at radius 3 is 2.93 bits per heavy atom. The van der Waals surface area contributed by atoms with Crippen molar-refractivity contribution < 1.29 is 19.2 Å². The van der Waals surface area contributed by atoms with Crippen molar-refractivity contribution in [1.29, 1.82) is 0 Å². The molecule has 1 unspecified atom stereocenters. The zero-order valence-corrected chi connectivity index (χ0v) is 7.70. The molecule has 1 atom stereocenters. The predicted octanol–water partition coefficient (Wildman–Crippen LogP) is 0.0967. The van der Waals surface area contributed by atoms with Gasteiger partial charge in [-0.25, -0.2) is 4.39 Å². The van der Waals surface area contributed by atoms with E-state index < -0.39 is 12.9 Å². The van der Waals surface area contributed by atoms with Gasteiger partial charge in [0.15, 0.2) is 0 Å². The molecular weight excluding hydrogens is 186 g/mol. The molecule has 0 saturated heterocycles. The van der Waals surface area contributed by atoms with Crippen LogP contribution in [0.2, 0.25) is 0 Å².